The lowest BCUT2D eigenvalue weighted by Crippen LogP contribution is -2.16. The predicted molar refractivity (Wildman–Crippen MR) is 449 cm³/mol. The Labute approximate surface area is 640 Å². The van der Waals surface area contributed by atoms with Crippen LogP contribution in [0.2, 0.25) is 0 Å². The maximum atomic E-state index is 6.72. The Kier molecular flexibility index (Phi) is 14.2. The highest BCUT2D eigenvalue weighted by Gasteiger charge is 2.39. The van der Waals surface area contributed by atoms with Crippen molar-refractivity contribution in [2.45, 2.75) is 38.5 Å². The molecule has 2 aliphatic heterocycles. The average molecular weight is 1430 g/mol. The molecule has 0 spiro atoms. The molecule has 0 radical (unpaired) electrons. The number of ether oxygens (including phenoxy) is 4. The topological polar surface area (TPSA) is 82.8 Å². The summed E-state index contributed by atoms with van der Waals surface area (Å²) in [6.07, 6.45) is 0. The number of hydrogen-bond donors (Lipinski definition) is 0. The summed E-state index contributed by atoms with van der Waals surface area (Å²) < 4.78 is 44.9. The maximum Gasteiger partial charge on any atom is 0.177 e. The summed E-state index contributed by atoms with van der Waals surface area (Å²) in [4.78, 5) is 4.66. The van der Waals surface area contributed by atoms with Crippen molar-refractivity contribution in [3.63, 3.8) is 0 Å². The van der Waals surface area contributed by atoms with Gasteiger partial charge in [-0.1, -0.05) is 210 Å². The predicted octanol–water partition coefficient (Wildman–Crippen LogP) is 29.4. The molecule has 4 aliphatic rings. The standard InChI is InChI=1S/C51H33NO4.C51H35NO3/c1-51(2)41-13-5-3-10-35(41)36-23-19-31(27-42(36)51)52(32-20-24-39-37-11-4-6-14-43(37)53-48(39)28-32)33-21-25-40-38-22-18-30(26-47(38)55-49(40)29-33)34-12-9-17-46-50(34)56-45-16-8-7-15-44(45)54-46;1-51(2)43-29-34(38-14-10-18-48-50(38)55-47-17-9-8-16-46(47)54-48)21-26-39(43)40-27-24-36(30-44(40)51)52(35-22-19-33(20-23-35)32-11-4-3-5-12-32)37-25-28-42-41-13-6-7-15-45(41)53-49(42)31-37/h3-29H,1-2H3;3-31H,1-2H3. The van der Waals surface area contributed by atoms with Crippen LogP contribution in [-0.2, 0) is 10.8 Å². The van der Waals surface area contributed by atoms with E-state index < -0.39 is 0 Å². The molecule has 528 valence electrons. The van der Waals surface area contributed by atoms with Crippen molar-refractivity contribution in [3.8, 4) is 102 Å². The van der Waals surface area contributed by atoms with Crippen LogP contribution in [0.5, 0.6) is 46.0 Å². The molecule has 0 unspecified atom stereocenters. The van der Waals surface area contributed by atoms with Crippen LogP contribution in [0, 0.1) is 0 Å². The SMILES string of the molecule is CC1(C)c2cc(-c3cccc4c3Oc3ccccc3O4)ccc2-c2ccc(N(c3ccc(-c4ccccc4)cc3)c3ccc4c(c3)oc3ccccc34)cc21.CC1(C)c2ccccc2-c2ccc(N(c3ccc4c(c3)oc3ccccc34)c3ccc4c(c3)oc3cc(-c5cccc6c5Oc5ccccc5O6)ccc34)cc21. The van der Waals surface area contributed by atoms with E-state index in [1.54, 1.807) is 0 Å². The first kappa shape index (κ1) is 63.9. The van der Waals surface area contributed by atoms with Crippen molar-refractivity contribution < 1.29 is 32.2 Å². The molecule has 16 aromatic carbocycles. The zero-order valence-electron chi connectivity index (χ0n) is 61.1. The first-order chi connectivity index (χ1) is 54.5. The molecule has 2 aliphatic carbocycles. The summed E-state index contributed by atoms with van der Waals surface area (Å²) in [5, 5.41) is 6.55. The quantitative estimate of drug-likeness (QED) is 0.140. The molecule has 23 rings (SSSR count). The zero-order chi connectivity index (χ0) is 73.8. The van der Waals surface area contributed by atoms with Gasteiger partial charge in [0.05, 0.1) is 0 Å². The maximum absolute atomic E-state index is 6.72. The molecular formula is C102H68N2O7. The highest BCUT2D eigenvalue weighted by molar-refractivity contribution is 6.10. The summed E-state index contributed by atoms with van der Waals surface area (Å²) in [6.45, 7) is 9.32. The Morgan fingerprint density at radius 3 is 1.06 bits per heavy atom. The van der Waals surface area contributed by atoms with Crippen LogP contribution in [0.25, 0.3) is 121 Å². The summed E-state index contributed by atoms with van der Waals surface area (Å²) in [5.74, 6) is 5.71. The number of fused-ring (bicyclic) bond motifs is 19. The van der Waals surface area contributed by atoms with Crippen LogP contribution in [-0.4, -0.2) is 0 Å². The van der Waals surface area contributed by atoms with Gasteiger partial charge >= 0.3 is 0 Å². The molecular weight excluding hydrogens is 1370 g/mol. The van der Waals surface area contributed by atoms with E-state index in [4.69, 9.17) is 32.2 Å². The van der Waals surface area contributed by atoms with Gasteiger partial charge in [0, 0.05) is 107 Å². The van der Waals surface area contributed by atoms with E-state index in [2.05, 4.69) is 280 Å². The van der Waals surface area contributed by atoms with Crippen molar-refractivity contribution in [2.24, 2.45) is 0 Å². The third-order valence-corrected chi connectivity index (χ3v) is 23.1. The lowest BCUT2D eigenvalue weighted by molar-refractivity contribution is 0.361. The van der Waals surface area contributed by atoms with Gasteiger partial charge in [-0.3, -0.25) is 0 Å². The van der Waals surface area contributed by atoms with E-state index >= 15 is 0 Å². The summed E-state index contributed by atoms with van der Waals surface area (Å²) >= 11 is 0. The van der Waals surface area contributed by atoms with Crippen LogP contribution in [0.15, 0.2) is 353 Å². The molecule has 0 N–H and O–H groups in total. The summed E-state index contributed by atoms with van der Waals surface area (Å²) in [6, 6.07) is 119. The molecule has 9 nitrogen and oxygen atoms in total. The summed E-state index contributed by atoms with van der Waals surface area (Å²) in [7, 11) is 0. The largest absolute Gasteiger partial charge is 0.456 e. The van der Waals surface area contributed by atoms with E-state index in [1.807, 2.05) is 97.1 Å². The van der Waals surface area contributed by atoms with Gasteiger partial charge in [-0.05, 0) is 206 Å². The van der Waals surface area contributed by atoms with Gasteiger partial charge in [0.1, 0.15) is 33.5 Å². The average Bonchev–Trinajstić information content (AvgIpc) is 1.53. The number of hydrogen-bond acceptors (Lipinski definition) is 9. The number of nitrogens with zero attached hydrogens (tertiary/aromatic N) is 2. The second-order valence-electron chi connectivity index (χ2n) is 30.2. The van der Waals surface area contributed by atoms with E-state index in [-0.39, 0.29) is 10.8 Å². The molecule has 0 bridgehead atoms. The van der Waals surface area contributed by atoms with Crippen LogP contribution in [0.3, 0.4) is 0 Å². The molecule has 3 aromatic heterocycles. The van der Waals surface area contributed by atoms with E-state index in [0.29, 0.717) is 23.0 Å². The number of rotatable bonds is 9. The van der Waals surface area contributed by atoms with Gasteiger partial charge in [-0.25, -0.2) is 0 Å². The third kappa shape index (κ3) is 10.3. The van der Waals surface area contributed by atoms with Gasteiger partial charge in [-0.15, -0.1) is 0 Å². The molecule has 0 fully saturated rings. The highest BCUT2D eigenvalue weighted by atomic mass is 16.6. The Balaban J connectivity index is 0.000000137. The molecule has 0 atom stereocenters. The van der Waals surface area contributed by atoms with Crippen molar-refractivity contribution in [2.75, 3.05) is 9.80 Å². The molecule has 5 heterocycles. The van der Waals surface area contributed by atoms with Crippen molar-refractivity contribution in [3.05, 3.63) is 362 Å². The minimum Gasteiger partial charge on any atom is -0.456 e. The first-order valence-corrected chi connectivity index (χ1v) is 37.7. The minimum atomic E-state index is -0.263. The highest BCUT2D eigenvalue weighted by Crippen LogP contribution is 2.57. The third-order valence-electron chi connectivity index (χ3n) is 23.1. The molecule has 0 saturated heterocycles. The monoisotopic (exact) mass is 1430 g/mol. The Morgan fingerprint density at radius 1 is 0.198 bits per heavy atom. The van der Waals surface area contributed by atoms with Gasteiger partial charge < -0.3 is 42.0 Å². The van der Waals surface area contributed by atoms with E-state index in [1.165, 1.54) is 55.6 Å². The van der Waals surface area contributed by atoms with Crippen molar-refractivity contribution in [1.82, 2.24) is 0 Å². The van der Waals surface area contributed by atoms with Crippen molar-refractivity contribution >= 4 is 99.9 Å². The number of anilines is 6. The molecule has 0 amide bonds. The normalized spacial score (nSPS) is 13.5. The van der Waals surface area contributed by atoms with Crippen LogP contribution < -0.4 is 28.7 Å². The van der Waals surface area contributed by atoms with Gasteiger partial charge in [0.2, 0.25) is 0 Å². The zero-order valence-corrected chi connectivity index (χ0v) is 61.1. The smallest absolute Gasteiger partial charge is 0.177 e. The lowest BCUT2D eigenvalue weighted by atomic mass is 9.81. The molecule has 9 heteroatoms. The van der Waals surface area contributed by atoms with Gasteiger partial charge in [0.15, 0.2) is 46.0 Å². The summed E-state index contributed by atoms with van der Waals surface area (Å²) in [5.41, 5.74) is 27.7. The number of para-hydroxylation sites is 8. The van der Waals surface area contributed by atoms with Gasteiger partial charge in [0.25, 0.3) is 0 Å². The fraction of sp³-hybridized carbons (Fsp3) is 0.0588. The van der Waals surface area contributed by atoms with Crippen LogP contribution in [0.1, 0.15) is 49.9 Å². The van der Waals surface area contributed by atoms with Crippen LogP contribution in [0.4, 0.5) is 34.1 Å². The minimum absolute atomic E-state index is 0.144. The Bertz CT molecular complexity index is 7060. The number of furan rings is 3. The van der Waals surface area contributed by atoms with Crippen molar-refractivity contribution in [1.29, 1.82) is 0 Å². The first-order valence-electron chi connectivity index (χ1n) is 37.7. The van der Waals surface area contributed by atoms with Gasteiger partial charge in [-0.2, -0.15) is 0 Å². The fourth-order valence-electron chi connectivity index (χ4n) is 17.5. The van der Waals surface area contributed by atoms with Crippen LogP contribution >= 0.6 is 0 Å². The fourth-order valence-corrected chi connectivity index (χ4v) is 17.5. The van der Waals surface area contributed by atoms with E-state index in [9.17, 15) is 0 Å². The second-order valence-corrected chi connectivity index (χ2v) is 30.2. The number of benzene rings is 16. The second kappa shape index (κ2) is 24.6. The molecule has 111 heavy (non-hydrogen) atoms. The Hall–Kier alpha value is -14.3. The Morgan fingerprint density at radius 2 is 0.523 bits per heavy atom. The molecule has 19 aromatic rings. The molecule has 0 saturated carbocycles. The lowest BCUT2D eigenvalue weighted by Gasteiger charge is -2.28. The van der Waals surface area contributed by atoms with E-state index in [0.717, 1.165) is 145 Å².